The third kappa shape index (κ3) is 2.83. The Morgan fingerprint density at radius 3 is 2.71 bits per heavy atom. The molecule has 0 saturated heterocycles. The molecule has 5 nitrogen and oxygen atoms in total. The predicted octanol–water partition coefficient (Wildman–Crippen LogP) is 4.49. The second kappa shape index (κ2) is 6.33. The molecule has 0 aliphatic heterocycles. The minimum absolute atomic E-state index is 0.572. The summed E-state index contributed by atoms with van der Waals surface area (Å²) in [7, 11) is 0. The summed E-state index contributed by atoms with van der Waals surface area (Å²) in [6.07, 6.45) is 7.52. The molecular weight excluding hydrogens is 318 g/mol. The van der Waals surface area contributed by atoms with E-state index in [-0.39, 0.29) is 0 Å². The van der Waals surface area contributed by atoms with Crippen molar-refractivity contribution >= 4 is 34.4 Å². The fourth-order valence-electron chi connectivity index (χ4n) is 2.54. The zero-order chi connectivity index (χ0) is 16.4. The number of nitrogens with zero attached hydrogens (tertiary/aromatic N) is 3. The van der Waals surface area contributed by atoms with Crippen molar-refractivity contribution in [3.63, 3.8) is 0 Å². The monoisotopic (exact) mass is 333 g/mol. The second-order valence-corrected chi connectivity index (χ2v) is 6.10. The van der Waals surface area contributed by atoms with Crippen LogP contribution in [-0.2, 0) is 0 Å². The molecular formula is C18H15N5S. The first-order valence-corrected chi connectivity index (χ1v) is 8.72. The van der Waals surface area contributed by atoms with E-state index in [4.69, 9.17) is 0 Å². The van der Waals surface area contributed by atoms with Gasteiger partial charge in [-0.1, -0.05) is 0 Å². The van der Waals surface area contributed by atoms with Crippen molar-refractivity contribution in [3.05, 3.63) is 61.1 Å². The lowest BCUT2D eigenvalue weighted by Crippen LogP contribution is -1.97. The standard InChI is InChI=1S/C18H15N5S/c1-24-13-6-4-12(5-7-13)22-18-20-10-8-16(23-18)15-11-21-17-14(15)3-2-9-19-17/h2-11H,1H3,(H,19,21)(H,20,22,23). The van der Waals surface area contributed by atoms with Gasteiger partial charge in [0.15, 0.2) is 0 Å². The molecule has 0 atom stereocenters. The number of thioether (sulfide) groups is 1. The average molecular weight is 333 g/mol. The molecule has 118 valence electrons. The first-order valence-electron chi connectivity index (χ1n) is 7.50. The van der Waals surface area contributed by atoms with E-state index in [0.29, 0.717) is 5.95 Å². The van der Waals surface area contributed by atoms with Gasteiger partial charge < -0.3 is 10.3 Å². The Morgan fingerprint density at radius 2 is 1.88 bits per heavy atom. The van der Waals surface area contributed by atoms with E-state index < -0.39 is 0 Å². The summed E-state index contributed by atoms with van der Waals surface area (Å²) in [6, 6.07) is 14.1. The lowest BCUT2D eigenvalue weighted by atomic mass is 10.1. The molecule has 0 radical (unpaired) electrons. The first-order chi connectivity index (χ1) is 11.8. The van der Waals surface area contributed by atoms with Crippen molar-refractivity contribution < 1.29 is 0 Å². The zero-order valence-corrected chi connectivity index (χ0v) is 13.8. The van der Waals surface area contributed by atoms with Crippen LogP contribution in [0.4, 0.5) is 11.6 Å². The number of rotatable bonds is 4. The van der Waals surface area contributed by atoms with Gasteiger partial charge in [0.05, 0.1) is 5.69 Å². The van der Waals surface area contributed by atoms with E-state index in [9.17, 15) is 0 Å². The first kappa shape index (κ1) is 14.7. The molecule has 4 rings (SSSR count). The van der Waals surface area contributed by atoms with Gasteiger partial charge in [0, 0.05) is 40.1 Å². The molecule has 0 aliphatic carbocycles. The fourth-order valence-corrected chi connectivity index (χ4v) is 2.95. The molecule has 6 heteroatoms. The number of hydrogen-bond acceptors (Lipinski definition) is 5. The average Bonchev–Trinajstić information content (AvgIpc) is 3.07. The van der Waals surface area contributed by atoms with Gasteiger partial charge in [-0.2, -0.15) is 0 Å². The van der Waals surface area contributed by atoms with Crippen LogP contribution in [0.25, 0.3) is 22.3 Å². The van der Waals surface area contributed by atoms with Gasteiger partial charge in [-0.25, -0.2) is 15.0 Å². The number of fused-ring (bicyclic) bond motifs is 1. The number of aromatic nitrogens is 4. The van der Waals surface area contributed by atoms with Crippen LogP contribution in [0.2, 0.25) is 0 Å². The Labute approximate surface area is 143 Å². The number of nitrogens with one attached hydrogen (secondary N) is 2. The summed E-state index contributed by atoms with van der Waals surface area (Å²) in [6.45, 7) is 0. The smallest absolute Gasteiger partial charge is 0.227 e. The summed E-state index contributed by atoms with van der Waals surface area (Å²) >= 11 is 1.72. The normalized spacial score (nSPS) is 10.9. The van der Waals surface area contributed by atoms with Gasteiger partial charge in [-0.15, -0.1) is 11.8 Å². The Morgan fingerprint density at radius 1 is 1.00 bits per heavy atom. The van der Waals surface area contributed by atoms with Crippen molar-refractivity contribution in [2.24, 2.45) is 0 Å². The van der Waals surface area contributed by atoms with Crippen molar-refractivity contribution in [3.8, 4) is 11.3 Å². The number of pyridine rings is 1. The number of H-pyrrole nitrogens is 1. The molecule has 1 aromatic carbocycles. The number of anilines is 2. The molecule has 24 heavy (non-hydrogen) atoms. The maximum Gasteiger partial charge on any atom is 0.227 e. The highest BCUT2D eigenvalue weighted by Crippen LogP contribution is 2.27. The van der Waals surface area contributed by atoms with Crippen molar-refractivity contribution in [2.75, 3.05) is 11.6 Å². The van der Waals surface area contributed by atoms with Gasteiger partial charge in [0.2, 0.25) is 5.95 Å². The van der Waals surface area contributed by atoms with Crippen LogP contribution >= 0.6 is 11.8 Å². The Kier molecular flexibility index (Phi) is 3.88. The number of benzene rings is 1. The molecule has 0 unspecified atom stereocenters. The van der Waals surface area contributed by atoms with E-state index in [1.807, 2.05) is 36.5 Å². The van der Waals surface area contributed by atoms with Crippen LogP contribution in [0, 0.1) is 0 Å². The quantitative estimate of drug-likeness (QED) is 0.539. The van der Waals surface area contributed by atoms with Crippen molar-refractivity contribution in [1.29, 1.82) is 0 Å². The highest BCUT2D eigenvalue weighted by Gasteiger charge is 2.09. The molecule has 2 N–H and O–H groups in total. The highest BCUT2D eigenvalue weighted by molar-refractivity contribution is 7.98. The van der Waals surface area contributed by atoms with E-state index in [1.165, 1.54) is 4.90 Å². The Balaban J connectivity index is 1.66. The summed E-state index contributed by atoms with van der Waals surface area (Å²) in [5.74, 6) is 0.572. The van der Waals surface area contributed by atoms with Gasteiger partial charge >= 0.3 is 0 Å². The van der Waals surface area contributed by atoms with Crippen LogP contribution in [0.5, 0.6) is 0 Å². The molecule has 0 fully saturated rings. The summed E-state index contributed by atoms with van der Waals surface area (Å²) < 4.78 is 0. The third-order valence-corrected chi connectivity index (χ3v) is 4.47. The maximum absolute atomic E-state index is 4.63. The minimum atomic E-state index is 0.572. The lowest BCUT2D eigenvalue weighted by molar-refractivity contribution is 1.17. The summed E-state index contributed by atoms with van der Waals surface area (Å²) in [5.41, 5.74) is 3.69. The lowest BCUT2D eigenvalue weighted by Gasteiger charge is -2.07. The molecule has 0 amide bonds. The van der Waals surface area contributed by atoms with Gasteiger partial charge in [0.25, 0.3) is 0 Å². The molecule has 0 saturated carbocycles. The maximum atomic E-state index is 4.63. The third-order valence-electron chi connectivity index (χ3n) is 3.73. The van der Waals surface area contributed by atoms with Crippen LogP contribution in [0.3, 0.4) is 0 Å². The van der Waals surface area contributed by atoms with Crippen LogP contribution in [0.1, 0.15) is 0 Å². The largest absolute Gasteiger partial charge is 0.345 e. The molecule has 3 aromatic heterocycles. The van der Waals surface area contributed by atoms with E-state index in [2.05, 4.69) is 43.6 Å². The number of aromatic amines is 1. The fraction of sp³-hybridized carbons (Fsp3) is 0.0556. The van der Waals surface area contributed by atoms with E-state index in [1.54, 1.807) is 24.2 Å². The van der Waals surface area contributed by atoms with Gasteiger partial charge in [0.1, 0.15) is 5.65 Å². The molecule has 4 aromatic rings. The second-order valence-electron chi connectivity index (χ2n) is 5.22. The zero-order valence-electron chi connectivity index (χ0n) is 13.0. The summed E-state index contributed by atoms with van der Waals surface area (Å²) in [5, 5.41) is 4.30. The van der Waals surface area contributed by atoms with E-state index >= 15 is 0 Å². The van der Waals surface area contributed by atoms with Crippen molar-refractivity contribution in [1.82, 2.24) is 19.9 Å². The minimum Gasteiger partial charge on any atom is -0.345 e. The molecule has 3 heterocycles. The van der Waals surface area contributed by atoms with Crippen LogP contribution in [0.15, 0.2) is 66.0 Å². The highest BCUT2D eigenvalue weighted by atomic mass is 32.2. The van der Waals surface area contributed by atoms with E-state index in [0.717, 1.165) is 28.0 Å². The number of hydrogen-bond donors (Lipinski definition) is 2. The SMILES string of the molecule is CSc1ccc(Nc2nccc(-c3c[nH]c4ncccc34)n2)cc1. The Bertz CT molecular complexity index is 978. The summed E-state index contributed by atoms with van der Waals surface area (Å²) in [4.78, 5) is 17.7. The predicted molar refractivity (Wildman–Crippen MR) is 98.6 cm³/mol. The van der Waals surface area contributed by atoms with Crippen LogP contribution < -0.4 is 5.32 Å². The van der Waals surface area contributed by atoms with Gasteiger partial charge in [-0.05, 0) is 48.7 Å². The molecule has 0 spiro atoms. The van der Waals surface area contributed by atoms with Crippen LogP contribution in [-0.4, -0.2) is 26.2 Å². The van der Waals surface area contributed by atoms with Gasteiger partial charge in [-0.3, -0.25) is 0 Å². The van der Waals surface area contributed by atoms with Crippen molar-refractivity contribution in [2.45, 2.75) is 4.90 Å². The molecule has 0 bridgehead atoms. The topological polar surface area (TPSA) is 66.5 Å². The Hall–Kier alpha value is -2.86. The molecule has 0 aliphatic rings.